The van der Waals surface area contributed by atoms with Gasteiger partial charge in [-0.15, -0.1) is 0 Å². The molecule has 10 heteroatoms. The van der Waals surface area contributed by atoms with Gasteiger partial charge in [-0.3, -0.25) is 9.69 Å². The fourth-order valence-electron chi connectivity index (χ4n) is 5.22. The van der Waals surface area contributed by atoms with Crippen LogP contribution in [0, 0.1) is 0 Å². The van der Waals surface area contributed by atoms with E-state index in [1.54, 1.807) is 41.4 Å². The van der Waals surface area contributed by atoms with Crippen molar-refractivity contribution in [2.24, 2.45) is 0 Å². The Morgan fingerprint density at radius 3 is 2.18 bits per heavy atom. The third-order valence-electron chi connectivity index (χ3n) is 7.73. The first-order valence-electron chi connectivity index (χ1n) is 15.2. The Balaban J connectivity index is 0.919. The molecule has 1 N–H and O–H groups in total. The molecule has 0 spiro atoms. The van der Waals surface area contributed by atoms with Crippen LogP contribution in [0.15, 0.2) is 97.2 Å². The number of ether oxygens (including phenoxy) is 4. The standard InChI is InChI=1S/C35H36N4O6/c40-34(27-6-4-26(5-7-27)25-38-21-23-42-24-22-38)37-28-8-10-31(11-9-28)45-35(41)39-19-16-32(17-20-39)43-29-12-14-30(15-13-29)44-33-3-1-2-18-36-33/h1-15,18,32H,16-17,19-25H2,(H,37,40). The Bertz CT molecular complexity index is 1530. The topological polar surface area (TPSA) is 102 Å². The van der Waals surface area contributed by atoms with Gasteiger partial charge in [0.1, 0.15) is 23.4 Å². The molecule has 6 rings (SSSR count). The Kier molecular flexibility index (Phi) is 9.83. The summed E-state index contributed by atoms with van der Waals surface area (Å²) in [6.07, 6.45) is 2.67. The number of hydrogen-bond donors (Lipinski definition) is 1. The number of carbonyl (C=O) groups excluding carboxylic acids is 2. The van der Waals surface area contributed by atoms with Crippen LogP contribution in [0.1, 0.15) is 28.8 Å². The van der Waals surface area contributed by atoms with Crippen LogP contribution < -0.4 is 19.5 Å². The number of pyridine rings is 1. The lowest BCUT2D eigenvalue weighted by atomic mass is 10.1. The molecular weight excluding hydrogens is 572 g/mol. The van der Waals surface area contributed by atoms with Gasteiger partial charge in [-0.2, -0.15) is 0 Å². The summed E-state index contributed by atoms with van der Waals surface area (Å²) in [6, 6.07) is 27.4. The first kappa shape index (κ1) is 30.1. The molecule has 0 unspecified atom stereocenters. The molecule has 2 fully saturated rings. The third-order valence-corrected chi connectivity index (χ3v) is 7.73. The van der Waals surface area contributed by atoms with Gasteiger partial charge in [0.2, 0.25) is 5.88 Å². The first-order chi connectivity index (χ1) is 22.1. The molecule has 2 aliphatic heterocycles. The van der Waals surface area contributed by atoms with Crippen LogP contribution >= 0.6 is 0 Å². The molecule has 2 saturated heterocycles. The number of likely N-dealkylation sites (tertiary alicyclic amines) is 1. The smallest absolute Gasteiger partial charge is 0.415 e. The van der Waals surface area contributed by atoms with E-state index in [0.29, 0.717) is 54.6 Å². The van der Waals surface area contributed by atoms with Gasteiger partial charge in [-0.25, -0.2) is 9.78 Å². The molecule has 232 valence electrons. The maximum atomic E-state index is 12.8. The summed E-state index contributed by atoms with van der Waals surface area (Å²) >= 11 is 0. The molecule has 0 saturated carbocycles. The molecule has 2 amide bonds. The van der Waals surface area contributed by atoms with Crippen molar-refractivity contribution in [3.8, 4) is 23.1 Å². The molecule has 45 heavy (non-hydrogen) atoms. The molecule has 0 bridgehead atoms. The molecule has 3 aromatic carbocycles. The minimum absolute atomic E-state index is 0.000440. The molecule has 0 aliphatic carbocycles. The molecular formula is C35H36N4O6. The summed E-state index contributed by atoms with van der Waals surface area (Å²) < 4.78 is 22.9. The average molecular weight is 609 g/mol. The normalized spacial score (nSPS) is 15.7. The van der Waals surface area contributed by atoms with Gasteiger partial charge in [0, 0.05) is 69.1 Å². The minimum atomic E-state index is -0.404. The van der Waals surface area contributed by atoms with E-state index < -0.39 is 6.09 Å². The van der Waals surface area contributed by atoms with E-state index >= 15 is 0 Å². The quantitative estimate of drug-likeness (QED) is 0.247. The van der Waals surface area contributed by atoms with E-state index in [1.807, 2.05) is 60.7 Å². The van der Waals surface area contributed by atoms with Crippen molar-refractivity contribution in [1.82, 2.24) is 14.8 Å². The summed E-state index contributed by atoms with van der Waals surface area (Å²) in [6.45, 7) is 5.26. The van der Waals surface area contributed by atoms with Crippen molar-refractivity contribution in [3.63, 3.8) is 0 Å². The molecule has 10 nitrogen and oxygen atoms in total. The number of aromatic nitrogens is 1. The van der Waals surface area contributed by atoms with Gasteiger partial charge in [-0.05, 0) is 72.3 Å². The summed E-state index contributed by atoms with van der Waals surface area (Å²) in [4.78, 5) is 33.7. The highest BCUT2D eigenvalue weighted by Crippen LogP contribution is 2.25. The van der Waals surface area contributed by atoms with Crippen molar-refractivity contribution in [3.05, 3.63) is 108 Å². The predicted molar refractivity (Wildman–Crippen MR) is 169 cm³/mol. The van der Waals surface area contributed by atoms with Crippen molar-refractivity contribution < 1.29 is 28.5 Å². The van der Waals surface area contributed by atoms with Crippen LogP contribution in [-0.4, -0.2) is 72.3 Å². The lowest BCUT2D eigenvalue weighted by molar-refractivity contribution is 0.0342. The number of benzene rings is 3. The highest BCUT2D eigenvalue weighted by molar-refractivity contribution is 6.04. The summed E-state index contributed by atoms with van der Waals surface area (Å²) in [5.41, 5.74) is 2.36. The monoisotopic (exact) mass is 608 g/mol. The van der Waals surface area contributed by atoms with Crippen molar-refractivity contribution >= 4 is 17.7 Å². The summed E-state index contributed by atoms with van der Waals surface area (Å²) in [5.74, 6) is 2.18. The van der Waals surface area contributed by atoms with E-state index in [2.05, 4.69) is 15.2 Å². The number of piperidine rings is 1. The first-order valence-corrected chi connectivity index (χ1v) is 15.2. The van der Waals surface area contributed by atoms with E-state index in [4.69, 9.17) is 18.9 Å². The average Bonchev–Trinajstić information content (AvgIpc) is 3.08. The second kappa shape index (κ2) is 14.7. The minimum Gasteiger partial charge on any atom is -0.490 e. The molecule has 0 radical (unpaired) electrons. The molecule has 3 heterocycles. The number of carbonyl (C=O) groups is 2. The number of hydrogen-bond acceptors (Lipinski definition) is 8. The lowest BCUT2D eigenvalue weighted by Crippen LogP contribution is -2.43. The van der Waals surface area contributed by atoms with E-state index in [1.165, 1.54) is 0 Å². The second-order valence-electron chi connectivity index (χ2n) is 11.0. The molecule has 4 aromatic rings. The van der Waals surface area contributed by atoms with Crippen molar-refractivity contribution in [2.75, 3.05) is 44.7 Å². The van der Waals surface area contributed by atoms with Gasteiger partial charge in [-0.1, -0.05) is 18.2 Å². The summed E-state index contributed by atoms with van der Waals surface area (Å²) in [7, 11) is 0. The Labute approximate surface area is 262 Å². The predicted octanol–water partition coefficient (Wildman–Crippen LogP) is 6.00. The van der Waals surface area contributed by atoms with Crippen LogP contribution in [-0.2, 0) is 11.3 Å². The van der Waals surface area contributed by atoms with Crippen molar-refractivity contribution in [1.29, 1.82) is 0 Å². The summed E-state index contributed by atoms with van der Waals surface area (Å²) in [5, 5.41) is 2.90. The van der Waals surface area contributed by atoms with Gasteiger partial charge in [0.05, 0.1) is 13.2 Å². The van der Waals surface area contributed by atoms with Gasteiger partial charge < -0.3 is 29.2 Å². The highest BCUT2D eigenvalue weighted by Gasteiger charge is 2.25. The van der Waals surface area contributed by atoms with Gasteiger partial charge >= 0.3 is 6.09 Å². The maximum absolute atomic E-state index is 12.8. The molecule has 1 aromatic heterocycles. The van der Waals surface area contributed by atoms with Crippen molar-refractivity contribution in [2.45, 2.75) is 25.5 Å². The number of nitrogens with one attached hydrogen (secondary N) is 1. The number of nitrogens with zero attached hydrogens (tertiary/aromatic N) is 3. The van der Waals surface area contributed by atoms with Crippen LogP contribution in [0.4, 0.5) is 10.5 Å². The largest absolute Gasteiger partial charge is 0.490 e. The van der Waals surface area contributed by atoms with Crippen LogP contribution in [0.2, 0.25) is 0 Å². The SMILES string of the molecule is O=C(Nc1ccc(OC(=O)N2CCC(Oc3ccc(Oc4ccccn4)cc3)CC2)cc1)c1ccc(CN2CCOCC2)cc1. The Hall–Kier alpha value is -4.93. The zero-order chi connectivity index (χ0) is 30.8. The third kappa shape index (κ3) is 8.59. The fourth-order valence-corrected chi connectivity index (χ4v) is 5.22. The lowest BCUT2D eigenvalue weighted by Gasteiger charge is -2.31. The van der Waals surface area contributed by atoms with Crippen LogP contribution in [0.5, 0.6) is 23.1 Å². The van der Waals surface area contributed by atoms with E-state index in [-0.39, 0.29) is 12.0 Å². The number of rotatable bonds is 9. The zero-order valence-corrected chi connectivity index (χ0v) is 25.0. The number of anilines is 1. The Morgan fingerprint density at radius 2 is 1.49 bits per heavy atom. The second-order valence-corrected chi connectivity index (χ2v) is 11.0. The molecule has 2 aliphatic rings. The number of morpholine rings is 1. The highest BCUT2D eigenvalue weighted by atomic mass is 16.6. The van der Waals surface area contributed by atoms with Gasteiger partial charge in [0.25, 0.3) is 5.91 Å². The zero-order valence-electron chi connectivity index (χ0n) is 25.0. The molecule has 0 atom stereocenters. The number of amides is 2. The van der Waals surface area contributed by atoms with Crippen LogP contribution in [0.3, 0.4) is 0 Å². The Morgan fingerprint density at radius 1 is 0.800 bits per heavy atom. The van der Waals surface area contributed by atoms with E-state index in [9.17, 15) is 9.59 Å². The maximum Gasteiger partial charge on any atom is 0.415 e. The van der Waals surface area contributed by atoms with E-state index in [0.717, 1.165) is 44.2 Å². The van der Waals surface area contributed by atoms with Crippen LogP contribution in [0.25, 0.3) is 0 Å². The van der Waals surface area contributed by atoms with Gasteiger partial charge in [0.15, 0.2) is 0 Å². The fraction of sp³-hybridized carbons (Fsp3) is 0.286.